The molecule has 25 heavy (non-hydrogen) atoms. The van der Waals surface area contributed by atoms with E-state index in [1.54, 1.807) is 0 Å². The van der Waals surface area contributed by atoms with Crippen LogP contribution in [0, 0.1) is 23.5 Å². The van der Waals surface area contributed by atoms with Crippen molar-refractivity contribution in [3.8, 4) is 11.5 Å². The zero-order valence-electron chi connectivity index (χ0n) is 14.9. The summed E-state index contributed by atoms with van der Waals surface area (Å²) in [7, 11) is 1.22. The summed E-state index contributed by atoms with van der Waals surface area (Å²) in [5, 5.41) is 17.5. The lowest BCUT2D eigenvalue weighted by molar-refractivity contribution is -0.143. The molecule has 0 unspecified atom stereocenters. The molecule has 0 spiro atoms. The number of unbranched alkanes of at least 4 members (excludes halogenated alkanes) is 2. The lowest BCUT2D eigenvalue weighted by Gasteiger charge is -2.25. The fourth-order valence-electron chi connectivity index (χ4n) is 3.06. The number of carbonyl (C=O) groups is 1. The number of phenolic OH excluding ortho intramolecular Hbond substituents is 1. The number of aliphatic carboxylic acids is 1. The molecule has 0 aromatic heterocycles. The molecule has 6 heteroatoms. The summed E-state index contributed by atoms with van der Waals surface area (Å²) >= 11 is 0. The Morgan fingerprint density at radius 3 is 2.32 bits per heavy atom. The molecule has 1 aliphatic rings. The number of hydrogen-bond donors (Lipinski definition) is 2. The van der Waals surface area contributed by atoms with Crippen LogP contribution in [0.4, 0.5) is 8.78 Å². The van der Waals surface area contributed by atoms with Crippen LogP contribution >= 0.6 is 0 Å². The van der Waals surface area contributed by atoms with Crippen LogP contribution in [0.5, 0.6) is 11.5 Å². The molecule has 0 radical (unpaired) electrons. The van der Waals surface area contributed by atoms with Gasteiger partial charge < -0.3 is 14.9 Å². The van der Waals surface area contributed by atoms with Gasteiger partial charge in [0.15, 0.2) is 11.5 Å². The molecule has 0 amide bonds. The van der Waals surface area contributed by atoms with Crippen molar-refractivity contribution in [2.45, 2.75) is 58.3 Å². The van der Waals surface area contributed by atoms with E-state index in [0.717, 1.165) is 43.7 Å². The van der Waals surface area contributed by atoms with E-state index in [-0.39, 0.29) is 11.7 Å². The van der Waals surface area contributed by atoms with Gasteiger partial charge in [0.05, 0.1) is 13.0 Å². The van der Waals surface area contributed by atoms with Gasteiger partial charge in [-0.15, -0.1) is 0 Å². The molecule has 142 valence electrons. The summed E-state index contributed by atoms with van der Waals surface area (Å²) in [6, 6.07) is 2.17. The van der Waals surface area contributed by atoms with Crippen molar-refractivity contribution >= 4 is 5.97 Å². The second-order valence-corrected chi connectivity index (χ2v) is 6.47. The molecule has 2 N–H and O–H groups in total. The molecular formula is C19H28F2O4. The summed E-state index contributed by atoms with van der Waals surface area (Å²) < 4.78 is 29.5. The van der Waals surface area contributed by atoms with Crippen LogP contribution in [0.25, 0.3) is 0 Å². The third kappa shape index (κ3) is 6.88. The first-order chi connectivity index (χ1) is 11.9. The van der Waals surface area contributed by atoms with E-state index in [9.17, 15) is 13.6 Å². The number of methoxy groups -OCH3 is 1. The average Bonchev–Trinajstić information content (AvgIpc) is 2.61. The molecule has 0 aliphatic heterocycles. The van der Waals surface area contributed by atoms with Crippen LogP contribution in [-0.4, -0.2) is 23.3 Å². The lowest BCUT2D eigenvalue weighted by Crippen LogP contribution is -2.21. The van der Waals surface area contributed by atoms with Gasteiger partial charge in [-0.1, -0.05) is 32.6 Å². The maximum atomic E-state index is 12.6. The predicted molar refractivity (Wildman–Crippen MR) is 91.8 cm³/mol. The number of carboxylic acids is 1. The van der Waals surface area contributed by atoms with Gasteiger partial charge in [-0.2, -0.15) is 8.78 Å². The first kappa shape index (κ1) is 21.2. The molecule has 1 aliphatic carbocycles. The summed E-state index contributed by atoms with van der Waals surface area (Å²) in [6.07, 6.45) is 9.36. The van der Waals surface area contributed by atoms with Crippen LogP contribution in [0.15, 0.2) is 12.1 Å². The Kier molecular flexibility index (Phi) is 9.24. The highest BCUT2D eigenvalue weighted by Crippen LogP contribution is 2.32. The first-order valence-electron chi connectivity index (χ1n) is 8.84. The summed E-state index contributed by atoms with van der Waals surface area (Å²) in [5.41, 5.74) is 0. The summed E-state index contributed by atoms with van der Waals surface area (Å²) in [4.78, 5) is 10.7. The third-order valence-corrected chi connectivity index (χ3v) is 4.66. The smallest absolute Gasteiger partial charge is 0.306 e. The van der Waals surface area contributed by atoms with Gasteiger partial charge >= 0.3 is 5.97 Å². The monoisotopic (exact) mass is 358 g/mol. The summed E-state index contributed by atoms with van der Waals surface area (Å²) in [5.74, 6) is -3.22. The molecule has 1 saturated carbocycles. The van der Waals surface area contributed by atoms with Crippen molar-refractivity contribution in [2.75, 3.05) is 7.11 Å². The third-order valence-electron chi connectivity index (χ3n) is 4.66. The van der Waals surface area contributed by atoms with E-state index in [4.69, 9.17) is 10.2 Å². The number of ether oxygens (including phenoxy) is 1. The van der Waals surface area contributed by atoms with E-state index in [0.29, 0.717) is 0 Å². The number of halogens is 2. The summed E-state index contributed by atoms with van der Waals surface area (Å²) in [6.45, 7) is 2.22. The van der Waals surface area contributed by atoms with E-state index in [2.05, 4.69) is 11.7 Å². The molecule has 4 nitrogen and oxygen atoms in total. The predicted octanol–water partition coefficient (Wildman–Crippen LogP) is 5.14. The number of phenols is 1. The number of aromatic hydroxyl groups is 1. The van der Waals surface area contributed by atoms with Crippen LogP contribution < -0.4 is 4.74 Å². The Balaban J connectivity index is 0.000000257. The molecule has 0 bridgehead atoms. The van der Waals surface area contributed by atoms with Gasteiger partial charge in [0.25, 0.3) is 0 Å². The van der Waals surface area contributed by atoms with Crippen molar-refractivity contribution in [3.63, 3.8) is 0 Å². The molecular weight excluding hydrogens is 330 g/mol. The Morgan fingerprint density at radius 2 is 1.80 bits per heavy atom. The van der Waals surface area contributed by atoms with Crippen LogP contribution in [0.2, 0.25) is 0 Å². The topological polar surface area (TPSA) is 66.8 Å². The van der Waals surface area contributed by atoms with Crippen molar-refractivity contribution in [3.05, 3.63) is 23.8 Å². The molecule has 1 fully saturated rings. The lowest BCUT2D eigenvalue weighted by atomic mass is 9.80. The molecule has 2 rings (SSSR count). The van der Waals surface area contributed by atoms with Crippen molar-refractivity contribution < 1.29 is 28.5 Å². The SMILES string of the molecule is CCCCCC1CCC(C(=O)O)CC1.COc1ccc(O)c(F)c1F. The van der Waals surface area contributed by atoms with E-state index in [1.807, 2.05) is 0 Å². The number of rotatable bonds is 6. The van der Waals surface area contributed by atoms with Crippen molar-refractivity contribution in [1.82, 2.24) is 0 Å². The normalized spacial score (nSPS) is 19.7. The van der Waals surface area contributed by atoms with E-state index in [1.165, 1.54) is 32.8 Å². The molecule has 0 atom stereocenters. The van der Waals surface area contributed by atoms with E-state index >= 15 is 0 Å². The first-order valence-corrected chi connectivity index (χ1v) is 8.84. The largest absolute Gasteiger partial charge is 0.505 e. The highest BCUT2D eigenvalue weighted by atomic mass is 19.2. The van der Waals surface area contributed by atoms with Crippen molar-refractivity contribution in [1.29, 1.82) is 0 Å². The number of carboxylic acid groups (broad SMARTS) is 1. The Labute approximate surface area is 147 Å². The standard InChI is InChI=1S/C12H22O2.C7H6F2O2/c1-2-3-4-5-10-6-8-11(9-7-10)12(13)14;1-11-5-3-2-4(10)6(8)7(5)9/h10-11H,2-9H2,1H3,(H,13,14);2-3,10H,1H3. The molecule has 1 aromatic carbocycles. The van der Waals surface area contributed by atoms with E-state index < -0.39 is 23.4 Å². The second-order valence-electron chi connectivity index (χ2n) is 6.47. The number of hydrogen-bond acceptors (Lipinski definition) is 3. The maximum absolute atomic E-state index is 12.6. The van der Waals surface area contributed by atoms with Crippen molar-refractivity contribution in [2.24, 2.45) is 11.8 Å². The second kappa shape index (κ2) is 10.9. The van der Waals surface area contributed by atoms with Gasteiger partial charge in [-0.25, -0.2) is 0 Å². The fourth-order valence-corrected chi connectivity index (χ4v) is 3.06. The Morgan fingerprint density at radius 1 is 1.16 bits per heavy atom. The maximum Gasteiger partial charge on any atom is 0.306 e. The highest BCUT2D eigenvalue weighted by molar-refractivity contribution is 5.69. The van der Waals surface area contributed by atoms with Gasteiger partial charge in [-0.05, 0) is 43.7 Å². The van der Waals surface area contributed by atoms with Gasteiger partial charge in [0.2, 0.25) is 11.6 Å². The van der Waals surface area contributed by atoms with Gasteiger partial charge in [-0.3, -0.25) is 4.79 Å². The average molecular weight is 358 g/mol. The number of benzene rings is 1. The van der Waals surface area contributed by atoms with Crippen LogP contribution in [-0.2, 0) is 4.79 Å². The van der Waals surface area contributed by atoms with Gasteiger partial charge in [0.1, 0.15) is 0 Å². The molecule has 1 aromatic rings. The zero-order valence-corrected chi connectivity index (χ0v) is 14.9. The minimum atomic E-state index is -1.29. The highest BCUT2D eigenvalue weighted by Gasteiger charge is 2.25. The Bertz CT molecular complexity index is 540. The zero-order chi connectivity index (χ0) is 18.8. The van der Waals surface area contributed by atoms with Gasteiger partial charge in [0, 0.05) is 0 Å². The molecule has 0 heterocycles. The Hall–Kier alpha value is -1.85. The minimum Gasteiger partial charge on any atom is -0.505 e. The van der Waals surface area contributed by atoms with Crippen LogP contribution in [0.1, 0.15) is 58.3 Å². The quantitative estimate of drug-likeness (QED) is 0.691. The minimum absolute atomic E-state index is 0.0441. The molecule has 0 saturated heterocycles. The fraction of sp³-hybridized carbons (Fsp3) is 0.632. The van der Waals surface area contributed by atoms with Crippen LogP contribution in [0.3, 0.4) is 0 Å².